The summed E-state index contributed by atoms with van der Waals surface area (Å²) < 4.78 is 13.0. The van der Waals surface area contributed by atoms with Crippen molar-refractivity contribution in [3.8, 4) is 11.5 Å². The first-order valence-corrected chi connectivity index (χ1v) is 11.1. The molecule has 1 unspecified atom stereocenters. The summed E-state index contributed by atoms with van der Waals surface area (Å²) in [6.45, 7) is 20.0. The van der Waals surface area contributed by atoms with E-state index in [1.165, 1.54) is 33.4 Å². The molecule has 0 amide bonds. The standard InChI is InChI=1S/C24H33O2P/c1-15-10-17(3)21-18(11-15)14-27(25-21)26-22-19(23(4,5)6)12-16(2)13-20(22)24(7,8)9/h10-13H,14H2,1-9H3. The zero-order valence-corrected chi connectivity index (χ0v) is 19.2. The largest absolute Gasteiger partial charge is 0.438 e. The van der Waals surface area contributed by atoms with Crippen molar-refractivity contribution in [2.45, 2.75) is 79.3 Å². The maximum atomic E-state index is 6.67. The summed E-state index contributed by atoms with van der Waals surface area (Å²) in [6.07, 6.45) is 0.855. The molecule has 27 heavy (non-hydrogen) atoms. The van der Waals surface area contributed by atoms with Gasteiger partial charge < -0.3 is 9.05 Å². The normalized spacial score (nSPS) is 16.9. The molecule has 0 N–H and O–H groups in total. The SMILES string of the molecule is Cc1cc(C)c2c(c1)CP(Oc1c(C(C)(C)C)cc(C)cc1C(C)(C)C)O2. The number of rotatable bonds is 2. The van der Waals surface area contributed by atoms with Crippen LogP contribution < -0.4 is 9.05 Å². The lowest BCUT2D eigenvalue weighted by Gasteiger charge is -2.31. The van der Waals surface area contributed by atoms with E-state index in [0.29, 0.717) is 0 Å². The third-order valence-corrected chi connectivity index (χ3v) is 6.40. The fraction of sp³-hybridized carbons (Fsp3) is 0.500. The molecular weight excluding hydrogens is 351 g/mol. The first kappa shape index (κ1) is 20.2. The zero-order valence-electron chi connectivity index (χ0n) is 18.3. The van der Waals surface area contributed by atoms with Gasteiger partial charge in [0.1, 0.15) is 11.5 Å². The number of fused-ring (bicyclic) bond motifs is 1. The molecule has 0 saturated heterocycles. The molecule has 2 nitrogen and oxygen atoms in total. The van der Waals surface area contributed by atoms with Crippen molar-refractivity contribution >= 4 is 8.38 Å². The van der Waals surface area contributed by atoms with Crippen LogP contribution in [0.2, 0.25) is 0 Å². The van der Waals surface area contributed by atoms with Crippen molar-refractivity contribution in [2.24, 2.45) is 0 Å². The van der Waals surface area contributed by atoms with Gasteiger partial charge in [-0.1, -0.05) is 76.9 Å². The molecule has 1 atom stereocenters. The fourth-order valence-electron chi connectivity index (χ4n) is 3.70. The second-order valence-electron chi connectivity index (χ2n) is 9.93. The molecule has 146 valence electrons. The Labute approximate surface area is 166 Å². The third kappa shape index (κ3) is 4.16. The number of benzene rings is 2. The van der Waals surface area contributed by atoms with E-state index in [0.717, 1.165) is 17.7 Å². The van der Waals surface area contributed by atoms with Gasteiger partial charge in [-0.15, -0.1) is 0 Å². The van der Waals surface area contributed by atoms with Gasteiger partial charge in [0.2, 0.25) is 0 Å². The average molecular weight is 385 g/mol. The lowest BCUT2D eigenvalue weighted by atomic mass is 9.78. The van der Waals surface area contributed by atoms with Crippen LogP contribution in [0.4, 0.5) is 0 Å². The van der Waals surface area contributed by atoms with Crippen molar-refractivity contribution in [2.75, 3.05) is 0 Å². The highest BCUT2D eigenvalue weighted by atomic mass is 31.2. The molecule has 3 rings (SSSR count). The molecule has 3 heteroatoms. The molecule has 0 radical (unpaired) electrons. The van der Waals surface area contributed by atoms with Gasteiger partial charge in [0.25, 0.3) is 8.38 Å². The van der Waals surface area contributed by atoms with Crippen LogP contribution in [0.15, 0.2) is 24.3 Å². The van der Waals surface area contributed by atoms with Crippen LogP contribution in [0.5, 0.6) is 11.5 Å². The van der Waals surface area contributed by atoms with Gasteiger partial charge >= 0.3 is 0 Å². The quantitative estimate of drug-likeness (QED) is 0.499. The van der Waals surface area contributed by atoms with Crippen LogP contribution in [0.25, 0.3) is 0 Å². The summed E-state index contributed by atoms with van der Waals surface area (Å²) in [4.78, 5) is 0. The van der Waals surface area contributed by atoms with E-state index in [-0.39, 0.29) is 10.8 Å². The number of hydrogen-bond acceptors (Lipinski definition) is 2. The molecule has 2 aromatic carbocycles. The molecule has 1 aliphatic heterocycles. The van der Waals surface area contributed by atoms with Crippen LogP contribution in [-0.4, -0.2) is 0 Å². The van der Waals surface area contributed by atoms with E-state index >= 15 is 0 Å². The Morgan fingerprint density at radius 1 is 0.815 bits per heavy atom. The fourth-order valence-corrected chi connectivity index (χ4v) is 5.25. The van der Waals surface area contributed by atoms with Crippen LogP contribution in [0.3, 0.4) is 0 Å². The maximum Gasteiger partial charge on any atom is 0.295 e. The summed E-state index contributed by atoms with van der Waals surface area (Å²) in [6, 6.07) is 8.97. The highest BCUT2D eigenvalue weighted by Crippen LogP contribution is 2.55. The summed E-state index contributed by atoms with van der Waals surface area (Å²) in [7, 11) is -1.01. The Morgan fingerprint density at radius 3 is 1.85 bits per heavy atom. The van der Waals surface area contributed by atoms with Gasteiger partial charge in [-0.25, -0.2) is 0 Å². The van der Waals surface area contributed by atoms with Gasteiger partial charge in [0.15, 0.2) is 0 Å². The lowest BCUT2D eigenvalue weighted by molar-refractivity contribution is 0.461. The van der Waals surface area contributed by atoms with E-state index in [1.54, 1.807) is 0 Å². The summed E-state index contributed by atoms with van der Waals surface area (Å²) in [5.41, 5.74) is 7.60. The molecular formula is C24H33O2P. The number of hydrogen-bond donors (Lipinski definition) is 0. The molecule has 0 bridgehead atoms. The molecule has 0 aliphatic carbocycles. The van der Waals surface area contributed by atoms with Crippen LogP contribution >= 0.6 is 8.38 Å². The molecule has 1 heterocycles. The lowest BCUT2D eigenvalue weighted by Crippen LogP contribution is -2.19. The van der Waals surface area contributed by atoms with Gasteiger partial charge in [0.05, 0.1) is 6.16 Å². The highest BCUT2D eigenvalue weighted by molar-refractivity contribution is 7.47. The minimum Gasteiger partial charge on any atom is -0.438 e. The predicted molar refractivity (Wildman–Crippen MR) is 116 cm³/mol. The Hall–Kier alpha value is -1.53. The first-order chi connectivity index (χ1) is 12.4. The van der Waals surface area contributed by atoms with Gasteiger partial charge in [0, 0.05) is 16.7 Å². The minimum atomic E-state index is -1.01. The Morgan fingerprint density at radius 2 is 1.33 bits per heavy atom. The Balaban J connectivity index is 2.03. The highest BCUT2D eigenvalue weighted by Gasteiger charge is 2.33. The van der Waals surface area contributed by atoms with Crippen molar-refractivity contribution < 1.29 is 9.05 Å². The monoisotopic (exact) mass is 384 g/mol. The molecule has 0 saturated carbocycles. The van der Waals surface area contributed by atoms with Crippen LogP contribution in [0.1, 0.15) is 74.9 Å². The average Bonchev–Trinajstić information content (AvgIpc) is 2.89. The maximum absolute atomic E-state index is 6.67. The molecule has 0 aromatic heterocycles. The van der Waals surface area contributed by atoms with Crippen LogP contribution in [-0.2, 0) is 17.0 Å². The summed E-state index contributed by atoms with van der Waals surface area (Å²) in [5, 5.41) is 0. The Bertz CT molecular complexity index is 834. The van der Waals surface area contributed by atoms with E-state index in [1.807, 2.05) is 0 Å². The first-order valence-electron chi connectivity index (χ1n) is 9.75. The van der Waals surface area contributed by atoms with Crippen molar-refractivity contribution in [1.29, 1.82) is 0 Å². The molecule has 0 fully saturated rings. The molecule has 1 aliphatic rings. The van der Waals surface area contributed by atoms with Gasteiger partial charge in [-0.2, -0.15) is 0 Å². The second kappa shape index (κ2) is 6.82. The second-order valence-corrected chi connectivity index (χ2v) is 11.3. The van der Waals surface area contributed by atoms with E-state index in [2.05, 4.69) is 86.6 Å². The van der Waals surface area contributed by atoms with E-state index in [9.17, 15) is 0 Å². The van der Waals surface area contributed by atoms with Gasteiger partial charge in [-0.3, -0.25) is 0 Å². The van der Waals surface area contributed by atoms with Crippen molar-refractivity contribution in [1.82, 2.24) is 0 Å². The number of aryl methyl sites for hydroxylation is 3. The van der Waals surface area contributed by atoms with Crippen molar-refractivity contribution in [3.63, 3.8) is 0 Å². The van der Waals surface area contributed by atoms with Crippen molar-refractivity contribution in [3.05, 3.63) is 57.6 Å². The smallest absolute Gasteiger partial charge is 0.295 e. The third-order valence-electron chi connectivity index (χ3n) is 5.03. The zero-order chi connectivity index (χ0) is 20.1. The summed E-state index contributed by atoms with van der Waals surface area (Å²) in [5.74, 6) is 2.04. The minimum absolute atomic E-state index is 0.00969. The topological polar surface area (TPSA) is 18.5 Å². The molecule has 0 spiro atoms. The van der Waals surface area contributed by atoms with E-state index < -0.39 is 8.38 Å². The van der Waals surface area contributed by atoms with Gasteiger partial charge in [-0.05, 0) is 37.2 Å². The summed E-state index contributed by atoms with van der Waals surface area (Å²) >= 11 is 0. The van der Waals surface area contributed by atoms with E-state index in [4.69, 9.17) is 9.05 Å². The molecule has 2 aromatic rings. The van der Waals surface area contributed by atoms with Crippen LogP contribution in [0, 0.1) is 20.8 Å². The Kier molecular flexibility index (Phi) is 5.10. The predicted octanol–water partition coefficient (Wildman–Crippen LogP) is 7.49.